The number of rotatable bonds is 6. The van der Waals surface area contributed by atoms with E-state index in [0.29, 0.717) is 16.4 Å². The Hall–Kier alpha value is -2.09. The van der Waals surface area contributed by atoms with E-state index >= 15 is 0 Å². The summed E-state index contributed by atoms with van der Waals surface area (Å²) in [6.45, 7) is 1.82. The molecule has 0 spiro atoms. The van der Waals surface area contributed by atoms with Gasteiger partial charge in [-0.1, -0.05) is 29.8 Å². The number of carbonyl (C=O) groups is 1. The Morgan fingerprint density at radius 1 is 1.12 bits per heavy atom. The Morgan fingerprint density at radius 3 is 2.44 bits per heavy atom. The first-order valence-corrected chi connectivity index (χ1v) is 9.35. The van der Waals surface area contributed by atoms with Crippen molar-refractivity contribution < 1.29 is 13.2 Å². The maximum Gasteiger partial charge on any atom is 0.243 e. The molecule has 0 saturated carbocycles. The number of anilines is 2. The largest absolute Gasteiger partial charge is 0.376 e. The molecule has 0 atom stereocenters. The Balaban J connectivity index is 2.10. The van der Waals surface area contributed by atoms with Gasteiger partial charge in [-0.15, -0.1) is 0 Å². The lowest BCUT2D eigenvalue weighted by Crippen LogP contribution is -2.24. The highest BCUT2D eigenvalue weighted by atomic mass is 35.5. The highest BCUT2D eigenvalue weighted by molar-refractivity contribution is 7.89. The Kier molecular flexibility index (Phi) is 6.05. The molecule has 0 unspecified atom stereocenters. The minimum absolute atomic E-state index is 0.0163. The molecule has 0 aliphatic rings. The maximum atomic E-state index is 12.2. The number of benzene rings is 2. The molecule has 134 valence electrons. The molecule has 0 aliphatic heterocycles. The molecule has 0 aliphatic carbocycles. The standard InChI is InChI=1S/C17H20ClN3O3S/c1-12-8-9-13(25(23,24)21(2)3)10-16(12)19-11-17(22)20-15-7-5-4-6-14(15)18/h4-10,19H,11H2,1-3H3,(H,20,22). The molecule has 6 nitrogen and oxygen atoms in total. The van der Waals surface area contributed by atoms with Gasteiger partial charge >= 0.3 is 0 Å². The van der Waals surface area contributed by atoms with Crippen molar-refractivity contribution in [2.45, 2.75) is 11.8 Å². The van der Waals surface area contributed by atoms with Crippen LogP contribution in [0.2, 0.25) is 5.02 Å². The van der Waals surface area contributed by atoms with Gasteiger partial charge in [-0.3, -0.25) is 4.79 Å². The van der Waals surface area contributed by atoms with Crippen molar-refractivity contribution in [1.82, 2.24) is 4.31 Å². The molecule has 2 aromatic rings. The number of para-hydroxylation sites is 1. The SMILES string of the molecule is Cc1ccc(S(=O)(=O)N(C)C)cc1NCC(=O)Nc1ccccc1Cl. The number of aryl methyl sites for hydroxylation is 1. The van der Waals surface area contributed by atoms with E-state index in [9.17, 15) is 13.2 Å². The van der Waals surface area contributed by atoms with Crippen LogP contribution in [0.1, 0.15) is 5.56 Å². The lowest BCUT2D eigenvalue weighted by Gasteiger charge is -2.15. The van der Waals surface area contributed by atoms with Crippen molar-refractivity contribution in [1.29, 1.82) is 0 Å². The monoisotopic (exact) mass is 381 g/mol. The summed E-state index contributed by atoms with van der Waals surface area (Å²) >= 11 is 6.00. The number of carbonyl (C=O) groups excluding carboxylic acids is 1. The van der Waals surface area contributed by atoms with Crippen molar-refractivity contribution in [3.8, 4) is 0 Å². The van der Waals surface area contributed by atoms with Crippen LogP contribution in [0, 0.1) is 6.92 Å². The Morgan fingerprint density at radius 2 is 1.80 bits per heavy atom. The quantitative estimate of drug-likeness (QED) is 0.806. The predicted molar refractivity (Wildman–Crippen MR) is 101 cm³/mol. The van der Waals surface area contributed by atoms with Gasteiger partial charge in [-0.2, -0.15) is 0 Å². The highest BCUT2D eigenvalue weighted by Crippen LogP contribution is 2.22. The van der Waals surface area contributed by atoms with Crippen LogP contribution in [0.5, 0.6) is 0 Å². The second-order valence-electron chi connectivity index (χ2n) is 5.65. The van der Waals surface area contributed by atoms with Gasteiger partial charge in [0.15, 0.2) is 0 Å². The zero-order valence-corrected chi connectivity index (χ0v) is 15.8. The van der Waals surface area contributed by atoms with Crippen LogP contribution in [0.3, 0.4) is 0 Å². The zero-order chi connectivity index (χ0) is 18.6. The molecule has 25 heavy (non-hydrogen) atoms. The number of sulfonamides is 1. The molecule has 0 saturated heterocycles. The van der Waals surface area contributed by atoms with Crippen molar-refractivity contribution in [2.24, 2.45) is 0 Å². The second-order valence-corrected chi connectivity index (χ2v) is 8.20. The van der Waals surface area contributed by atoms with Crippen LogP contribution in [-0.2, 0) is 14.8 Å². The van der Waals surface area contributed by atoms with Gasteiger partial charge in [0.2, 0.25) is 15.9 Å². The van der Waals surface area contributed by atoms with E-state index < -0.39 is 10.0 Å². The predicted octanol–water partition coefficient (Wildman–Crippen LogP) is 2.95. The van der Waals surface area contributed by atoms with E-state index in [-0.39, 0.29) is 17.3 Å². The molecule has 2 N–H and O–H groups in total. The van der Waals surface area contributed by atoms with Gasteiger partial charge in [-0.05, 0) is 36.8 Å². The minimum atomic E-state index is -3.53. The normalized spacial score (nSPS) is 11.4. The van der Waals surface area contributed by atoms with E-state index in [0.717, 1.165) is 9.87 Å². The number of halogens is 1. The summed E-state index contributed by atoms with van der Waals surface area (Å²) in [6.07, 6.45) is 0. The van der Waals surface area contributed by atoms with E-state index in [4.69, 9.17) is 11.6 Å². The summed E-state index contributed by atoms with van der Waals surface area (Å²) in [5.41, 5.74) is 1.94. The van der Waals surface area contributed by atoms with Gasteiger partial charge in [0, 0.05) is 19.8 Å². The van der Waals surface area contributed by atoms with Crippen molar-refractivity contribution in [3.63, 3.8) is 0 Å². The molecule has 0 bridgehead atoms. The average Bonchev–Trinajstić information content (AvgIpc) is 2.56. The second kappa shape index (κ2) is 7.86. The molecule has 0 radical (unpaired) electrons. The summed E-state index contributed by atoms with van der Waals surface area (Å²) in [5, 5.41) is 6.12. The molecule has 2 rings (SSSR count). The lowest BCUT2D eigenvalue weighted by molar-refractivity contribution is -0.114. The third-order valence-corrected chi connectivity index (χ3v) is 5.72. The number of nitrogens with one attached hydrogen (secondary N) is 2. The summed E-state index contributed by atoms with van der Waals surface area (Å²) in [6, 6.07) is 11.7. The van der Waals surface area contributed by atoms with E-state index in [1.807, 2.05) is 6.92 Å². The van der Waals surface area contributed by atoms with Crippen LogP contribution in [0.4, 0.5) is 11.4 Å². The topological polar surface area (TPSA) is 78.5 Å². The first-order valence-electron chi connectivity index (χ1n) is 7.53. The molecule has 0 aromatic heterocycles. The van der Waals surface area contributed by atoms with Crippen molar-refractivity contribution >= 4 is 38.9 Å². The Bertz CT molecular complexity index is 882. The highest BCUT2D eigenvalue weighted by Gasteiger charge is 2.18. The van der Waals surface area contributed by atoms with Crippen LogP contribution >= 0.6 is 11.6 Å². The van der Waals surface area contributed by atoms with E-state index in [2.05, 4.69) is 10.6 Å². The molecule has 0 fully saturated rings. The summed E-state index contributed by atoms with van der Waals surface area (Å²) in [4.78, 5) is 12.2. The zero-order valence-electron chi connectivity index (χ0n) is 14.2. The van der Waals surface area contributed by atoms with Crippen LogP contribution in [0.15, 0.2) is 47.4 Å². The van der Waals surface area contributed by atoms with Crippen LogP contribution in [0.25, 0.3) is 0 Å². The molecule has 0 heterocycles. The number of nitrogens with zero attached hydrogens (tertiary/aromatic N) is 1. The molecule has 2 aromatic carbocycles. The van der Waals surface area contributed by atoms with Gasteiger partial charge in [-0.25, -0.2) is 12.7 Å². The maximum absolute atomic E-state index is 12.2. The Labute approximate surface area is 152 Å². The van der Waals surface area contributed by atoms with Crippen molar-refractivity contribution in [2.75, 3.05) is 31.3 Å². The fourth-order valence-electron chi connectivity index (χ4n) is 2.10. The lowest BCUT2D eigenvalue weighted by atomic mass is 10.2. The summed E-state index contributed by atoms with van der Waals surface area (Å²) < 4.78 is 25.6. The van der Waals surface area contributed by atoms with Crippen LogP contribution < -0.4 is 10.6 Å². The van der Waals surface area contributed by atoms with Gasteiger partial charge < -0.3 is 10.6 Å². The van der Waals surface area contributed by atoms with E-state index in [1.165, 1.54) is 20.2 Å². The summed E-state index contributed by atoms with van der Waals surface area (Å²) in [5.74, 6) is -0.284. The molecule has 1 amide bonds. The fraction of sp³-hybridized carbons (Fsp3) is 0.235. The fourth-order valence-corrected chi connectivity index (χ4v) is 3.21. The summed E-state index contributed by atoms with van der Waals surface area (Å²) in [7, 11) is -0.590. The average molecular weight is 382 g/mol. The van der Waals surface area contributed by atoms with Gasteiger partial charge in [0.05, 0.1) is 22.2 Å². The van der Waals surface area contributed by atoms with Crippen LogP contribution in [-0.4, -0.2) is 39.3 Å². The van der Waals surface area contributed by atoms with E-state index in [1.54, 1.807) is 36.4 Å². The van der Waals surface area contributed by atoms with Gasteiger partial charge in [0.1, 0.15) is 0 Å². The number of amides is 1. The molecule has 8 heteroatoms. The first kappa shape index (κ1) is 19.2. The number of hydrogen-bond acceptors (Lipinski definition) is 4. The van der Waals surface area contributed by atoms with Crippen molar-refractivity contribution in [3.05, 3.63) is 53.1 Å². The third-order valence-electron chi connectivity index (χ3n) is 3.57. The smallest absolute Gasteiger partial charge is 0.243 e. The first-order chi connectivity index (χ1) is 11.7. The minimum Gasteiger partial charge on any atom is -0.376 e. The molecular weight excluding hydrogens is 362 g/mol. The van der Waals surface area contributed by atoms with Gasteiger partial charge in [0.25, 0.3) is 0 Å². The number of hydrogen-bond donors (Lipinski definition) is 2. The molecular formula is C17H20ClN3O3S. The third kappa shape index (κ3) is 4.72.